The number of halogens is 2. The fourth-order valence-electron chi connectivity index (χ4n) is 3.14. The third-order valence-electron chi connectivity index (χ3n) is 4.83. The Morgan fingerprint density at radius 2 is 1.75 bits per heavy atom. The van der Waals surface area contributed by atoms with Crippen LogP contribution in [-0.2, 0) is 16.1 Å². The molecular formula is C24H30Cl2N2O4. The Balaban J connectivity index is 2.25. The van der Waals surface area contributed by atoms with Gasteiger partial charge in [-0.25, -0.2) is 0 Å². The maximum absolute atomic E-state index is 13.2. The van der Waals surface area contributed by atoms with Crippen molar-refractivity contribution in [3.05, 3.63) is 58.1 Å². The van der Waals surface area contributed by atoms with Crippen molar-refractivity contribution in [2.45, 2.75) is 39.8 Å². The van der Waals surface area contributed by atoms with E-state index in [2.05, 4.69) is 5.32 Å². The van der Waals surface area contributed by atoms with Crippen LogP contribution in [0.25, 0.3) is 0 Å². The van der Waals surface area contributed by atoms with E-state index in [1.54, 1.807) is 36.4 Å². The number of nitrogens with one attached hydrogen (secondary N) is 1. The molecule has 0 fully saturated rings. The van der Waals surface area contributed by atoms with Crippen LogP contribution in [0.2, 0.25) is 10.0 Å². The predicted octanol–water partition coefficient (Wildman–Crippen LogP) is 4.96. The predicted molar refractivity (Wildman–Crippen MR) is 127 cm³/mol. The van der Waals surface area contributed by atoms with Gasteiger partial charge in [0.05, 0.1) is 17.2 Å². The number of carbonyl (C=O) groups excluding carboxylic acids is 2. The highest BCUT2D eigenvalue weighted by molar-refractivity contribution is 6.42. The summed E-state index contributed by atoms with van der Waals surface area (Å²) in [5.74, 6) is 0.748. The molecular weight excluding hydrogens is 451 g/mol. The lowest BCUT2D eigenvalue weighted by molar-refractivity contribution is -0.143. The molecule has 174 valence electrons. The van der Waals surface area contributed by atoms with Gasteiger partial charge in [-0.15, -0.1) is 0 Å². The number of nitrogens with zero attached hydrogens (tertiary/aromatic N) is 1. The number of hydrogen-bond donors (Lipinski definition) is 1. The van der Waals surface area contributed by atoms with Crippen molar-refractivity contribution in [2.75, 3.05) is 20.3 Å². The van der Waals surface area contributed by atoms with Crippen molar-refractivity contribution in [2.24, 2.45) is 5.92 Å². The van der Waals surface area contributed by atoms with Gasteiger partial charge in [-0.05, 0) is 42.2 Å². The van der Waals surface area contributed by atoms with Crippen LogP contribution in [0.1, 0.15) is 32.8 Å². The Labute approximate surface area is 199 Å². The van der Waals surface area contributed by atoms with Gasteiger partial charge in [0.2, 0.25) is 5.91 Å². The van der Waals surface area contributed by atoms with Crippen LogP contribution in [0.5, 0.6) is 11.5 Å². The van der Waals surface area contributed by atoms with Gasteiger partial charge in [0.25, 0.3) is 5.91 Å². The van der Waals surface area contributed by atoms with Crippen LogP contribution in [0.15, 0.2) is 42.5 Å². The molecule has 0 aliphatic heterocycles. The molecule has 1 N–H and O–H groups in total. The lowest BCUT2D eigenvalue weighted by Crippen LogP contribution is -2.50. The number of methoxy groups -OCH3 is 1. The molecule has 0 spiro atoms. The first-order valence-electron chi connectivity index (χ1n) is 10.5. The van der Waals surface area contributed by atoms with Crippen LogP contribution in [0, 0.1) is 5.92 Å². The molecule has 0 heterocycles. The van der Waals surface area contributed by atoms with Gasteiger partial charge in [-0.1, -0.05) is 62.2 Å². The summed E-state index contributed by atoms with van der Waals surface area (Å²) in [7, 11) is 1.53. The quantitative estimate of drug-likeness (QED) is 0.493. The molecule has 0 saturated carbocycles. The summed E-state index contributed by atoms with van der Waals surface area (Å²) >= 11 is 12.2. The van der Waals surface area contributed by atoms with E-state index >= 15 is 0 Å². The number of rotatable bonds is 11. The molecule has 0 aliphatic carbocycles. The number of benzene rings is 2. The van der Waals surface area contributed by atoms with Gasteiger partial charge in [0.15, 0.2) is 18.1 Å². The smallest absolute Gasteiger partial charge is 0.261 e. The van der Waals surface area contributed by atoms with Crippen molar-refractivity contribution in [1.82, 2.24) is 10.2 Å². The summed E-state index contributed by atoms with van der Waals surface area (Å²) in [4.78, 5) is 27.7. The summed E-state index contributed by atoms with van der Waals surface area (Å²) in [6, 6.07) is 11.6. The molecule has 2 aromatic rings. The lowest BCUT2D eigenvalue weighted by Gasteiger charge is -2.31. The summed E-state index contributed by atoms with van der Waals surface area (Å²) in [6.45, 7) is 6.38. The summed E-state index contributed by atoms with van der Waals surface area (Å²) in [5, 5.41) is 3.74. The van der Waals surface area contributed by atoms with Gasteiger partial charge in [0, 0.05) is 13.1 Å². The van der Waals surface area contributed by atoms with E-state index in [4.69, 9.17) is 32.7 Å². The van der Waals surface area contributed by atoms with E-state index in [-0.39, 0.29) is 25.0 Å². The first-order chi connectivity index (χ1) is 15.3. The summed E-state index contributed by atoms with van der Waals surface area (Å²) in [5.41, 5.74) is 0.764. The van der Waals surface area contributed by atoms with Gasteiger partial charge >= 0.3 is 0 Å². The average molecular weight is 481 g/mol. The van der Waals surface area contributed by atoms with Gasteiger partial charge in [-0.3, -0.25) is 9.59 Å². The zero-order valence-electron chi connectivity index (χ0n) is 18.9. The molecule has 2 rings (SSSR count). The highest BCUT2D eigenvalue weighted by Gasteiger charge is 2.29. The second-order valence-corrected chi connectivity index (χ2v) is 8.59. The van der Waals surface area contributed by atoms with Crippen LogP contribution < -0.4 is 14.8 Å². The number of para-hydroxylation sites is 2. The number of hydrogen-bond acceptors (Lipinski definition) is 4. The Morgan fingerprint density at radius 1 is 1.06 bits per heavy atom. The van der Waals surface area contributed by atoms with E-state index in [0.29, 0.717) is 40.4 Å². The number of ether oxygens (including phenoxy) is 2. The molecule has 0 bridgehead atoms. The van der Waals surface area contributed by atoms with Crippen LogP contribution in [-0.4, -0.2) is 43.0 Å². The molecule has 0 aromatic heterocycles. The highest BCUT2D eigenvalue weighted by Crippen LogP contribution is 2.27. The van der Waals surface area contributed by atoms with E-state index in [1.807, 2.05) is 26.8 Å². The Kier molecular flexibility index (Phi) is 10.1. The minimum Gasteiger partial charge on any atom is -0.493 e. The third kappa shape index (κ3) is 7.31. The SMILES string of the molecule is CCC(C(=O)NCC(C)C)N(Cc1ccc(Cl)c(Cl)c1)C(=O)COc1ccccc1OC. The van der Waals surface area contributed by atoms with Gasteiger partial charge < -0.3 is 19.7 Å². The molecule has 0 radical (unpaired) electrons. The standard InChI is InChI=1S/C24H30Cl2N2O4/c1-5-20(24(30)27-13-16(2)3)28(14-17-10-11-18(25)19(26)12-17)23(29)15-32-22-9-7-6-8-21(22)31-4/h6-12,16,20H,5,13-15H2,1-4H3,(H,27,30). The fourth-order valence-corrected chi connectivity index (χ4v) is 3.46. The van der Waals surface area contributed by atoms with E-state index in [0.717, 1.165) is 5.56 Å². The zero-order chi connectivity index (χ0) is 23.7. The molecule has 8 heteroatoms. The third-order valence-corrected chi connectivity index (χ3v) is 5.57. The molecule has 0 saturated heterocycles. The minimum absolute atomic E-state index is 0.193. The first kappa shape index (κ1) is 25.8. The maximum atomic E-state index is 13.2. The average Bonchev–Trinajstić information content (AvgIpc) is 2.78. The lowest BCUT2D eigenvalue weighted by atomic mass is 10.1. The molecule has 1 atom stereocenters. The van der Waals surface area contributed by atoms with Gasteiger partial charge in [0.1, 0.15) is 6.04 Å². The van der Waals surface area contributed by atoms with Crippen molar-refractivity contribution in [3.63, 3.8) is 0 Å². The van der Waals surface area contributed by atoms with Crippen molar-refractivity contribution < 1.29 is 19.1 Å². The first-order valence-corrected chi connectivity index (χ1v) is 11.3. The topological polar surface area (TPSA) is 67.9 Å². The molecule has 2 amide bonds. The van der Waals surface area contributed by atoms with Crippen molar-refractivity contribution in [3.8, 4) is 11.5 Å². The fraction of sp³-hybridized carbons (Fsp3) is 0.417. The molecule has 0 aliphatic rings. The summed E-state index contributed by atoms with van der Waals surface area (Å²) in [6.07, 6.45) is 0.450. The molecule has 6 nitrogen and oxygen atoms in total. The Bertz CT molecular complexity index is 921. The maximum Gasteiger partial charge on any atom is 0.261 e. The van der Waals surface area contributed by atoms with Crippen molar-refractivity contribution >= 4 is 35.0 Å². The van der Waals surface area contributed by atoms with Gasteiger partial charge in [-0.2, -0.15) is 0 Å². The molecule has 2 aromatic carbocycles. The second kappa shape index (κ2) is 12.6. The van der Waals surface area contributed by atoms with E-state index in [9.17, 15) is 9.59 Å². The molecule has 32 heavy (non-hydrogen) atoms. The normalized spacial score (nSPS) is 11.7. The van der Waals surface area contributed by atoms with E-state index < -0.39 is 6.04 Å². The summed E-state index contributed by atoms with van der Waals surface area (Å²) < 4.78 is 11.0. The Hall–Kier alpha value is -2.44. The van der Waals surface area contributed by atoms with E-state index in [1.165, 1.54) is 12.0 Å². The largest absolute Gasteiger partial charge is 0.493 e. The van der Waals surface area contributed by atoms with Crippen LogP contribution in [0.3, 0.4) is 0 Å². The molecule has 1 unspecified atom stereocenters. The van der Waals surface area contributed by atoms with Crippen LogP contribution >= 0.6 is 23.2 Å². The second-order valence-electron chi connectivity index (χ2n) is 7.77. The van der Waals surface area contributed by atoms with Crippen molar-refractivity contribution in [1.29, 1.82) is 0 Å². The number of carbonyl (C=O) groups is 2. The van der Waals surface area contributed by atoms with Crippen LogP contribution in [0.4, 0.5) is 0 Å². The number of amides is 2. The zero-order valence-corrected chi connectivity index (χ0v) is 20.4. The monoisotopic (exact) mass is 480 g/mol. The Morgan fingerprint density at radius 3 is 2.34 bits per heavy atom. The minimum atomic E-state index is -0.656. The highest BCUT2D eigenvalue weighted by atomic mass is 35.5.